The molecule has 0 amide bonds. The van der Waals surface area contributed by atoms with Crippen LogP contribution in [0.5, 0.6) is 5.75 Å². The monoisotopic (exact) mass is 268 g/mol. The normalized spacial score (nSPS) is 10.6. The summed E-state index contributed by atoms with van der Waals surface area (Å²) in [6.45, 7) is 2.24. The molecule has 0 atom stereocenters. The first-order chi connectivity index (χ1) is 7.30. The van der Waals surface area contributed by atoms with Crippen LogP contribution in [0.15, 0.2) is 30.4 Å². The zero-order valence-electron chi connectivity index (χ0n) is 10.3. The van der Waals surface area contributed by atoms with Gasteiger partial charge in [-0.15, -0.1) is 5.46 Å². The van der Waals surface area contributed by atoms with Gasteiger partial charge in [-0.25, -0.2) is 0 Å². The quantitative estimate of drug-likeness (QED) is 0.552. The Balaban J connectivity index is 0.00000256. The summed E-state index contributed by atoms with van der Waals surface area (Å²) in [7, 11) is 0. The molecular weight excluding hydrogens is 255 g/mol. The molecule has 1 aromatic rings. The molecule has 0 aromatic heterocycles. The van der Waals surface area contributed by atoms with Gasteiger partial charge < -0.3 is 17.7 Å². The first kappa shape index (κ1) is 17.3. The Morgan fingerprint density at radius 3 is 2.35 bits per heavy atom. The van der Waals surface area contributed by atoms with Crippen LogP contribution in [0.1, 0.15) is 12.5 Å². The van der Waals surface area contributed by atoms with Gasteiger partial charge >= 0.3 is 58.4 Å². The Hall–Kier alpha value is 0.251. The second-order valence-electron chi connectivity index (χ2n) is 3.84. The maximum absolute atomic E-state index is 12.5. The molecular formula is C11H13BF3KO. The van der Waals surface area contributed by atoms with E-state index in [2.05, 4.69) is 6.58 Å². The Kier molecular flexibility index (Phi) is 7.10. The Labute approximate surface area is 142 Å². The van der Waals surface area contributed by atoms with Crippen LogP contribution in [0.3, 0.4) is 0 Å². The standard InChI is InChI=1S/C11H13BF3O.K/c1-8(2)7-16-10-4-5-11(9(3)6-10)12(13,14)15;/h4-6H,1,7H2,2-3H3;/q-1;+1. The van der Waals surface area contributed by atoms with E-state index in [0.717, 1.165) is 11.6 Å². The van der Waals surface area contributed by atoms with Crippen LogP contribution in [0.4, 0.5) is 12.9 Å². The van der Waals surface area contributed by atoms with Gasteiger partial charge in [0.15, 0.2) is 0 Å². The van der Waals surface area contributed by atoms with Crippen molar-refractivity contribution in [3.63, 3.8) is 0 Å². The number of ether oxygens (including phenoxy) is 1. The van der Waals surface area contributed by atoms with E-state index >= 15 is 0 Å². The van der Waals surface area contributed by atoms with Crippen molar-refractivity contribution in [3.05, 3.63) is 35.9 Å². The largest absolute Gasteiger partial charge is 1.00 e. The summed E-state index contributed by atoms with van der Waals surface area (Å²) in [5.41, 5.74) is 0.441. The van der Waals surface area contributed by atoms with Gasteiger partial charge in [0, 0.05) is 0 Å². The van der Waals surface area contributed by atoms with Crippen molar-refractivity contribution in [2.24, 2.45) is 0 Å². The Morgan fingerprint density at radius 1 is 1.35 bits per heavy atom. The van der Waals surface area contributed by atoms with E-state index in [1.807, 2.05) is 0 Å². The van der Waals surface area contributed by atoms with Crippen molar-refractivity contribution in [2.45, 2.75) is 13.8 Å². The van der Waals surface area contributed by atoms with Gasteiger partial charge in [-0.05, 0) is 31.6 Å². The summed E-state index contributed by atoms with van der Waals surface area (Å²) in [6.07, 6.45) is 0. The molecule has 17 heavy (non-hydrogen) atoms. The molecule has 1 nitrogen and oxygen atoms in total. The van der Waals surface area contributed by atoms with Gasteiger partial charge in [-0.3, -0.25) is 0 Å². The zero-order valence-corrected chi connectivity index (χ0v) is 13.4. The zero-order chi connectivity index (χ0) is 12.3. The summed E-state index contributed by atoms with van der Waals surface area (Å²) >= 11 is 0. The minimum Gasteiger partial charge on any atom is -0.489 e. The number of aryl methyl sites for hydroxylation is 1. The van der Waals surface area contributed by atoms with Crippen LogP contribution in [0.25, 0.3) is 0 Å². The minimum atomic E-state index is -4.94. The summed E-state index contributed by atoms with van der Waals surface area (Å²) in [6, 6.07) is 3.79. The summed E-state index contributed by atoms with van der Waals surface area (Å²) < 4.78 is 42.8. The molecule has 0 N–H and O–H groups in total. The molecule has 0 heterocycles. The summed E-state index contributed by atoms with van der Waals surface area (Å²) in [4.78, 5) is 0. The summed E-state index contributed by atoms with van der Waals surface area (Å²) in [5, 5.41) is 0. The van der Waals surface area contributed by atoms with Crippen LogP contribution >= 0.6 is 0 Å². The molecule has 1 aromatic carbocycles. The van der Waals surface area contributed by atoms with E-state index in [0.29, 0.717) is 12.4 Å². The maximum atomic E-state index is 12.5. The molecule has 88 valence electrons. The molecule has 1 rings (SSSR count). The van der Waals surface area contributed by atoms with Crippen LogP contribution in [0, 0.1) is 6.92 Å². The maximum Gasteiger partial charge on any atom is 1.00 e. The van der Waals surface area contributed by atoms with Gasteiger partial charge in [0.25, 0.3) is 0 Å². The van der Waals surface area contributed by atoms with E-state index in [9.17, 15) is 12.9 Å². The second-order valence-corrected chi connectivity index (χ2v) is 3.84. The SMILES string of the molecule is C=C(C)COc1ccc([B-](F)(F)F)c(C)c1.[K+]. The average molecular weight is 268 g/mol. The van der Waals surface area contributed by atoms with Crippen molar-refractivity contribution in [2.75, 3.05) is 6.61 Å². The molecule has 0 fully saturated rings. The van der Waals surface area contributed by atoms with Crippen LogP contribution in [-0.2, 0) is 0 Å². The van der Waals surface area contributed by atoms with E-state index in [4.69, 9.17) is 4.74 Å². The molecule has 6 heteroatoms. The van der Waals surface area contributed by atoms with Crippen LogP contribution < -0.4 is 61.6 Å². The molecule has 0 aliphatic rings. The van der Waals surface area contributed by atoms with Crippen molar-refractivity contribution in [1.29, 1.82) is 0 Å². The molecule has 0 unspecified atom stereocenters. The molecule has 0 saturated carbocycles. The number of benzene rings is 1. The average Bonchev–Trinajstić information content (AvgIpc) is 2.12. The van der Waals surface area contributed by atoms with Gasteiger partial charge in [-0.1, -0.05) is 18.2 Å². The van der Waals surface area contributed by atoms with Crippen molar-refractivity contribution in [1.82, 2.24) is 0 Å². The molecule has 0 bridgehead atoms. The molecule has 0 spiro atoms. The second kappa shape index (κ2) is 6.99. The number of hydrogen-bond donors (Lipinski definition) is 0. The number of rotatable bonds is 4. The van der Waals surface area contributed by atoms with Gasteiger partial charge in [0.2, 0.25) is 0 Å². The third-order valence-electron chi connectivity index (χ3n) is 2.08. The van der Waals surface area contributed by atoms with E-state index < -0.39 is 12.4 Å². The third-order valence-corrected chi connectivity index (χ3v) is 2.08. The molecule has 0 radical (unpaired) electrons. The fourth-order valence-electron chi connectivity index (χ4n) is 1.31. The van der Waals surface area contributed by atoms with E-state index in [1.165, 1.54) is 19.1 Å². The Morgan fingerprint density at radius 2 is 1.94 bits per heavy atom. The predicted molar refractivity (Wildman–Crippen MR) is 60.2 cm³/mol. The van der Waals surface area contributed by atoms with Crippen molar-refractivity contribution < 1.29 is 69.1 Å². The van der Waals surface area contributed by atoms with Crippen molar-refractivity contribution >= 4 is 12.4 Å². The van der Waals surface area contributed by atoms with Crippen LogP contribution in [-0.4, -0.2) is 13.6 Å². The summed E-state index contributed by atoms with van der Waals surface area (Å²) in [5.74, 6) is 0.435. The minimum absolute atomic E-state index is 0. The molecule has 0 saturated heterocycles. The first-order valence-corrected chi connectivity index (χ1v) is 4.88. The molecule has 0 aliphatic heterocycles. The van der Waals surface area contributed by atoms with Gasteiger partial charge in [0.05, 0.1) is 0 Å². The van der Waals surface area contributed by atoms with Crippen LogP contribution in [0.2, 0.25) is 0 Å². The fourth-order valence-corrected chi connectivity index (χ4v) is 1.31. The predicted octanol–water partition coefficient (Wildman–Crippen LogP) is 0.00832. The van der Waals surface area contributed by atoms with Crippen molar-refractivity contribution in [3.8, 4) is 5.75 Å². The fraction of sp³-hybridized carbons (Fsp3) is 0.273. The van der Waals surface area contributed by atoms with E-state index in [-0.39, 0.29) is 56.9 Å². The number of hydrogen-bond acceptors (Lipinski definition) is 1. The topological polar surface area (TPSA) is 9.23 Å². The van der Waals surface area contributed by atoms with Gasteiger partial charge in [-0.2, -0.15) is 0 Å². The van der Waals surface area contributed by atoms with E-state index in [1.54, 1.807) is 6.92 Å². The Bertz CT molecular complexity index is 404. The smallest absolute Gasteiger partial charge is 0.489 e. The third kappa shape index (κ3) is 5.61. The molecule has 0 aliphatic carbocycles. The first-order valence-electron chi connectivity index (χ1n) is 4.88. The van der Waals surface area contributed by atoms with Gasteiger partial charge in [0.1, 0.15) is 12.4 Å². The number of halogens is 3.